The van der Waals surface area contributed by atoms with E-state index in [-0.39, 0.29) is 0 Å². The molecule has 0 bridgehead atoms. The number of hydrogen-bond donors (Lipinski definition) is 2. The summed E-state index contributed by atoms with van der Waals surface area (Å²) in [6.07, 6.45) is 0. The van der Waals surface area contributed by atoms with Gasteiger partial charge in [0.05, 0.1) is 21.3 Å². The van der Waals surface area contributed by atoms with E-state index in [1.54, 1.807) is 33.5 Å². The third kappa shape index (κ3) is 3.40. The topological polar surface area (TPSA) is 75.0 Å². The maximum Gasteiger partial charge on any atom is 0.203 e. The van der Waals surface area contributed by atoms with Gasteiger partial charge in [0.25, 0.3) is 0 Å². The Morgan fingerprint density at radius 3 is 2.06 bits per heavy atom. The molecule has 0 unspecified atom stereocenters. The second-order valence-corrected chi connectivity index (χ2v) is 3.16. The van der Waals surface area contributed by atoms with E-state index < -0.39 is 0 Å². The number of nitrogens with one attached hydrogen (secondary N) is 1. The van der Waals surface area contributed by atoms with Gasteiger partial charge in [0.15, 0.2) is 11.5 Å². The number of methoxy groups -OCH3 is 3. The largest absolute Gasteiger partial charge is 0.493 e. The van der Waals surface area contributed by atoms with E-state index in [1.807, 2.05) is 0 Å². The van der Waals surface area contributed by atoms with Crippen LogP contribution in [0.25, 0.3) is 0 Å². The second kappa shape index (κ2) is 6.82. The molecule has 1 rings (SSSR count). The number of ether oxygens (including phenoxy) is 4. The zero-order valence-corrected chi connectivity index (χ0v) is 10.3. The van der Waals surface area contributed by atoms with E-state index in [2.05, 4.69) is 5.43 Å². The summed E-state index contributed by atoms with van der Waals surface area (Å²) in [5.41, 5.74) is 2.51. The first-order chi connectivity index (χ1) is 8.26. The Morgan fingerprint density at radius 1 is 1.06 bits per heavy atom. The molecule has 6 heteroatoms. The number of benzene rings is 1. The zero-order valence-electron chi connectivity index (χ0n) is 10.3. The molecule has 0 aromatic heterocycles. The third-order valence-corrected chi connectivity index (χ3v) is 2.15. The van der Waals surface area contributed by atoms with Crippen molar-refractivity contribution in [2.24, 2.45) is 5.84 Å². The molecule has 0 saturated carbocycles. The average Bonchev–Trinajstić information content (AvgIpc) is 2.37. The molecular formula is C11H18N2O4. The van der Waals surface area contributed by atoms with Crippen LogP contribution in [0.3, 0.4) is 0 Å². The Morgan fingerprint density at radius 2 is 1.65 bits per heavy atom. The van der Waals surface area contributed by atoms with Crippen LogP contribution < -0.4 is 30.2 Å². The van der Waals surface area contributed by atoms with E-state index in [4.69, 9.17) is 24.8 Å². The summed E-state index contributed by atoms with van der Waals surface area (Å²) in [5, 5.41) is 0. The monoisotopic (exact) mass is 242 g/mol. The maximum absolute atomic E-state index is 5.47. The van der Waals surface area contributed by atoms with Gasteiger partial charge in [-0.1, -0.05) is 0 Å². The lowest BCUT2D eigenvalue weighted by Gasteiger charge is -2.14. The molecule has 0 heterocycles. The molecule has 0 aliphatic heterocycles. The first-order valence-corrected chi connectivity index (χ1v) is 5.13. The Hall–Kier alpha value is -1.66. The molecule has 0 amide bonds. The fraction of sp³-hybridized carbons (Fsp3) is 0.455. The van der Waals surface area contributed by atoms with Gasteiger partial charge in [-0.2, -0.15) is 0 Å². The molecule has 0 aliphatic rings. The minimum absolute atomic E-state index is 0.454. The van der Waals surface area contributed by atoms with Crippen LogP contribution in [-0.2, 0) is 0 Å². The van der Waals surface area contributed by atoms with Gasteiger partial charge in [-0.05, 0) is 0 Å². The van der Waals surface area contributed by atoms with E-state index in [1.165, 1.54) is 0 Å². The summed E-state index contributed by atoms with van der Waals surface area (Å²) in [7, 11) is 4.67. The Bertz CT molecular complexity index is 332. The highest BCUT2D eigenvalue weighted by Gasteiger charge is 2.13. The summed E-state index contributed by atoms with van der Waals surface area (Å²) in [6, 6.07) is 3.47. The predicted octanol–water partition coefficient (Wildman–Crippen LogP) is 0.554. The average molecular weight is 242 g/mol. The van der Waals surface area contributed by atoms with E-state index in [0.29, 0.717) is 36.1 Å². The Labute approximate surface area is 101 Å². The van der Waals surface area contributed by atoms with Gasteiger partial charge in [0, 0.05) is 18.7 Å². The van der Waals surface area contributed by atoms with Gasteiger partial charge in [-0.3, -0.25) is 11.3 Å². The van der Waals surface area contributed by atoms with Crippen LogP contribution in [-0.4, -0.2) is 34.5 Å². The van der Waals surface area contributed by atoms with Crippen molar-refractivity contribution in [3.63, 3.8) is 0 Å². The van der Waals surface area contributed by atoms with Crippen LogP contribution in [0.5, 0.6) is 23.0 Å². The van der Waals surface area contributed by atoms with Crippen LogP contribution in [0.4, 0.5) is 0 Å². The molecule has 17 heavy (non-hydrogen) atoms. The highest BCUT2D eigenvalue weighted by atomic mass is 16.5. The van der Waals surface area contributed by atoms with Crippen molar-refractivity contribution >= 4 is 0 Å². The van der Waals surface area contributed by atoms with Crippen molar-refractivity contribution in [2.75, 3.05) is 34.5 Å². The number of hydrogen-bond acceptors (Lipinski definition) is 6. The summed E-state index contributed by atoms with van der Waals surface area (Å²) in [5.74, 6) is 7.44. The van der Waals surface area contributed by atoms with Crippen molar-refractivity contribution in [3.05, 3.63) is 12.1 Å². The van der Waals surface area contributed by atoms with Gasteiger partial charge in [0.2, 0.25) is 5.75 Å². The number of rotatable bonds is 7. The summed E-state index contributed by atoms with van der Waals surface area (Å²) < 4.78 is 21.1. The molecule has 1 aromatic carbocycles. The number of nitrogens with two attached hydrogens (primary N) is 1. The molecular weight excluding hydrogens is 224 g/mol. The van der Waals surface area contributed by atoms with Crippen molar-refractivity contribution in [2.45, 2.75) is 0 Å². The molecule has 0 aliphatic carbocycles. The highest BCUT2D eigenvalue weighted by Crippen LogP contribution is 2.40. The number of hydrazine groups is 1. The molecule has 96 valence electrons. The molecule has 0 fully saturated rings. The van der Waals surface area contributed by atoms with Crippen molar-refractivity contribution < 1.29 is 18.9 Å². The Balaban J connectivity index is 2.92. The molecule has 0 saturated heterocycles. The minimum atomic E-state index is 0.454. The summed E-state index contributed by atoms with van der Waals surface area (Å²) >= 11 is 0. The molecule has 1 aromatic rings. The third-order valence-electron chi connectivity index (χ3n) is 2.15. The van der Waals surface area contributed by atoms with Gasteiger partial charge in [-0.25, -0.2) is 0 Å². The zero-order chi connectivity index (χ0) is 12.7. The summed E-state index contributed by atoms with van der Waals surface area (Å²) in [4.78, 5) is 0. The standard InChI is InChI=1S/C11H18N2O4/c1-14-9-6-8(17-5-4-13-12)7-10(15-2)11(9)16-3/h6-7,13H,4-5,12H2,1-3H3. The van der Waals surface area contributed by atoms with Crippen LogP contribution >= 0.6 is 0 Å². The molecule has 3 N–H and O–H groups in total. The lowest BCUT2D eigenvalue weighted by Crippen LogP contribution is -2.27. The molecule has 0 radical (unpaired) electrons. The first-order valence-electron chi connectivity index (χ1n) is 5.13. The van der Waals surface area contributed by atoms with Crippen molar-refractivity contribution in [1.29, 1.82) is 0 Å². The van der Waals surface area contributed by atoms with E-state index >= 15 is 0 Å². The second-order valence-electron chi connectivity index (χ2n) is 3.16. The van der Waals surface area contributed by atoms with E-state index in [0.717, 1.165) is 0 Å². The van der Waals surface area contributed by atoms with Crippen LogP contribution in [0, 0.1) is 0 Å². The smallest absolute Gasteiger partial charge is 0.203 e. The van der Waals surface area contributed by atoms with Gasteiger partial charge >= 0.3 is 0 Å². The summed E-state index contributed by atoms with van der Waals surface area (Å²) in [6.45, 7) is 1.01. The maximum atomic E-state index is 5.47. The lowest BCUT2D eigenvalue weighted by molar-refractivity contribution is 0.297. The van der Waals surface area contributed by atoms with Crippen LogP contribution in [0.2, 0.25) is 0 Å². The fourth-order valence-corrected chi connectivity index (χ4v) is 1.37. The van der Waals surface area contributed by atoms with Gasteiger partial charge < -0.3 is 18.9 Å². The van der Waals surface area contributed by atoms with Gasteiger partial charge in [0.1, 0.15) is 12.4 Å². The first kappa shape index (κ1) is 13.4. The van der Waals surface area contributed by atoms with Crippen molar-refractivity contribution in [3.8, 4) is 23.0 Å². The van der Waals surface area contributed by atoms with Crippen LogP contribution in [0.15, 0.2) is 12.1 Å². The minimum Gasteiger partial charge on any atom is -0.493 e. The molecule has 0 atom stereocenters. The van der Waals surface area contributed by atoms with Crippen LogP contribution in [0.1, 0.15) is 0 Å². The van der Waals surface area contributed by atoms with E-state index in [9.17, 15) is 0 Å². The molecule has 6 nitrogen and oxygen atoms in total. The lowest BCUT2D eigenvalue weighted by atomic mass is 10.2. The van der Waals surface area contributed by atoms with Crippen molar-refractivity contribution in [1.82, 2.24) is 5.43 Å². The molecule has 0 spiro atoms. The highest BCUT2D eigenvalue weighted by molar-refractivity contribution is 5.55. The predicted molar refractivity (Wildman–Crippen MR) is 63.8 cm³/mol. The normalized spacial score (nSPS) is 9.88. The quantitative estimate of drug-likeness (QED) is 0.413. The Kier molecular flexibility index (Phi) is 5.38. The SMILES string of the molecule is COc1cc(OCCNN)cc(OC)c1OC. The van der Waals surface area contributed by atoms with Gasteiger partial charge in [-0.15, -0.1) is 0 Å². The fourth-order valence-electron chi connectivity index (χ4n) is 1.37.